The molecule has 1 aliphatic heterocycles. The van der Waals surface area contributed by atoms with Gasteiger partial charge in [0.2, 0.25) is 0 Å². The maximum atomic E-state index is 12.4. The predicted octanol–water partition coefficient (Wildman–Crippen LogP) is 3.36. The Hall–Kier alpha value is -2.80. The zero-order valence-corrected chi connectivity index (χ0v) is 15.3. The fourth-order valence-electron chi connectivity index (χ4n) is 2.63. The summed E-state index contributed by atoms with van der Waals surface area (Å²) in [7, 11) is 0. The van der Waals surface area contributed by atoms with Gasteiger partial charge < -0.3 is 9.73 Å². The van der Waals surface area contributed by atoms with Gasteiger partial charge in [0.05, 0.1) is 10.5 Å². The monoisotopic (exact) mass is 370 g/mol. The molecule has 0 unspecified atom stereocenters. The first-order valence-corrected chi connectivity index (χ1v) is 8.93. The highest BCUT2D eigenvalue weighted by Crippen LogP contribution is 2.31. The van der Waals surface area contributed by atoms with Gasteiger partial charge in [0.25, 0.3) is 17.1 Å². The summed E-state index contributed by atoms with van der Waals surface area (Å²) < 4.78 is 5.33. The molecule has 0 spiro atoms. The minimum atomic E-state index is -0.339. The van der Waals surface area contributed by atoms with Crippen molar-refractivity contribution in [2.24, 2.45) is 0 Å². The molecular formula is C19H18N2O4S. The first-order valence-electron chi connectivity index (χ1n) is 8.11. The van der Waals surface area contributed by atoms with Crippen LogP contribution in [0.15, 0.2) is 45.7 Å². The number of rotatable bonds is 5. The lowest BCUT2D eigenvalue weighted by atomic mass is 10.2. The predicted molar refractivity (Wildman–Crippen MR) is 99.6 cm³/mol. The maximum absolute atomic E-state index is 12.4. The highest BCUT2D eigenvalue weighted by molar-refractivity contribution is 8.18. The van der Waals surface area contributed by atoms with Crippen LogP contribution in [0.3, 0.4) is 0 Å². The number of nitrogens with zero attached hydrogens (tertiary/aromatic N) is 1. The van der Waals surface area contributed by atoms with E-state index >= 15 is 0 Å². The van der Waals surface area contributed by atoms with Crippen LogP contribution >= 0.6 is 11.8 Å². The molecule has 1 aliphatic rings. The fraction of sp³-hybridized carbons (Fsp3) is 0.211. The van der Waals surface area contributed by atoms with E-state index in [2.05, 4.69) is 5.32 Å². The second-order valence-electron chi connectivity index (χ2n) is 5.83. The van der Waals surface area contributed by atoms with E-state index < -0.39 is 0 Å². The third-order valence-electron chi connectivity index (χ3n) is 3.88. The largest absolute Gasteiger partial charge is 0.466 e. The molecule has 3 amide bonds. The summed E-state index contributed by atoms with van der Waals surface area (Å²) in [6.07, 6.45) is 1.70. The molecule has 1 aromatic heterocycles. The Morgan fingerprint density at radius 3 is 2.62 bits per heavy atom. The Balaban J connectivity index is 1.59. The summed E-state index contributed by atoms with van der Waals surface area (Å²) >= 11 is 0.908. The van der Waals surface area contributed by atoms with Gasteiger partial charge in [-0.1, -0.05) is 30.3 Å². The number of carbonyl (C=O) groups is 3. The third-order valence-corrected chi connectivity index (χ3v) is 4.78. The van der Waals surface area contributed by atoms with E-state index in [1.165, 1.54) is 0 Å². The van der Waals surface area contributed by atoms with Crippen LogP contribution in [0.2, 0.25) is 0 Å². The van der Waals surface area contributed by atoms with Gasteiger partial charge in [-0.05, 0) is 43.3 Å². The van der Waals surface area contributed by atoms with Crippen molar-refractivity contribution in [3.8, 4) is 0 Å². The van der Waals surface area contributed by atoms with Crippen LogP contribution in [0.5, 0.6) is 0 Å². The highest BCUT2D eigenvalue weighted by Gasteiger charge is 2.34. The average molecular weight is 370 g/mol. The lowest BCUT2D eigenvalue weighted by Crippen LogP contribution is -2.37. The summed E-state index contributed by atoms with van der Waals surface area (Å²) in [6, 6.07) is 11.0. The Bertz CT molecular complexity index is 886. The Kier molecular flexibility index (Phi) is 5.27. The molecule has 0 atom stereocenters. The van der Waals surface area contributed by atoms with Crippen LogP contribution < -0.4 is 5.32 Å². The van der Waals surface area contributed by atoms with Crippen molar-refractivity contribution >= 4 is 34.9 Å². The lowest BCUT2D eigenvalue weighted by molar-refractivity contribution is -0.122. The topological polar surface area (TPSA) is 79.6 Å². The SMILES string of the molecule is Cc1cc(C(=O)NCCN2C(=O)S/C(=C/c3ccccc3)C2=O)c(C)o1. The van der Waals surface area contributed by atoms with Crippen molar-refractivity contribution in [1.82, 2.24) is 10.2 Å². The second kappa shape index (κ2) is 7.61. The number of carbonyl (C=O) groups excluding carboxylic acids is 3. The summed E-state index contributed by atoms with van der Waals surface area (Å²) in [5.41, 5.74) is 1.32. The average Bonchev–Trinajstić information content (AvgIpc) is 3.08. The van der Waals surface area contributed by atoms with Gasteiger partial charge >= 0.3 is 0 Å². The molecule has 134 valence electrons. The number of thioether (sulfide) groups is 1. The van der Waals surface area contributed by atoms with Gasteiger partial charge in [0.15, 0.2) is 0 Å². The fourth-order valence-corrected chi connectivity index (χ4v) is 3.49. The molecule has 1 saturated heterocycles. The number of hydrogen-bond acceptors (Lipinski definition) is 5. The third kappa shape index (κ3) is 3.88. The molecule has 7 heteroatoms. The molecule has 0 radical (unpaired) electrons. The minimum absolute atomic E-state index is 0.123. The normalized spacial score (nSPS) is 15.8. The van der Waals surface area contributed by atoms with Gasteiger partial charge in [-0.15, -0.1) is 0 Å². The summed E-state index contributed by atoms with van der Waals surface area (Å²) in [5.74, 6) is 0.571. The standard InChI is InChI=1S/C19H18N2O4S/c1-12-10-15(13(2)25-12)17(22)20-8-9-21-18(23)16(26-19(21)24)11-14-6-4-3-5-7-14/h3-7,10-11H,8-9H2,1-2H3,(H,20,22)/b16-11+. The maximum Gasteiger partial charge on any atom is 0.293 e. The Morgan fingerprint density at radius 1 is 1.23 bits per heavy atom. The number of hydrogen-bond donors (Lipinski definition) is 1. The van der Waals surface area contributed by atoms with Gasteiger partial charge in [-0.2, -0.15) is 0 Å². The highest BCUT2D eigenvalue weighted by atomic mass is 32.2. The van der Waals surface area contributed by atoms with Gasteiger partial charge in [0, 0.05) is 13.1 Å². The molecule has 0 saturated carbocycles. The molecule has 2 aromatic rings. The summed E-state index contributed by atoms with van der Waals surface area (Å²) in [5, 5.41) is 2.38. The van der Waals surface area contributed by atoms with Crippen molar-refractivity contribution in [2.75, 3.05) is 13.1 Å². The van der Waals surface area contributed by atoms with Crippen molar-refractivity contribution in [1.29, 1.82) is 0 Å². The van der Waals surface area contributed by atoms with E-state index in [9.17, 15) is 14.4 Å². The molecule has 0 aliphatic carbocycles. The number of amides is 3. The van der Waals surface area contributed by atoms with Crippen LogP contribution in [0.1, 0.15) is 27.4 Å². The van der Waals surface area contributed by atoms with E-state index in [-0.39, 0.29) is 30.1 Å². The van der Waals surface area contributed by atoms with E-state index in [4.69, 9.17) is 4.42 Å². The summed E-state index contributed by atoms with van der Waals surface area (Å²) in [6.45, 7) is 3.79. The number of nitrogens with one attached hydrogen (secondary N) is 1. The van der Waals surface area contributed by atoms with Crippen LogP contribution in [0, 0.1) is 13.8 Å². The van der Waals surface area contributed by atoms with Crippen LogP contribution in [-0.4, -0.2) is 35.0 Å². The van der Waals surface area contributed by atoms with Crippen molar-refractivity contribution in [2.45, 2.75) is 13.8 Å². The smallest absolute Gasteiger partial charge is 0.293 e. The Labute approximate surface area is 155 Å². The van der Waals surface area contributed by atoms with Crippen LogP contribution in [-0.2, 0) is 4.79 Å². The number of benzene rings is 1. The molecule has 2 heterocycles. The van der Waals surface area contributed by atoms with E-state index in [0.29, 0.717) is 22.0 Å². The minimum Gasteiger partial charge on any atom is -0.466 e. The number of furan rings is 1. The molecule has 26 heavy (non-hydrogen) atoms. The first-order chi connectivity index (χ1) is 12.5. The quantitative estimate of drug-likeness (QED) is 0.817. The molecule has 1 fully saturated rings. The van der Waals surface area contributed by atoms with Crippen LogP contribution in [0.25, 0.3) is 6.08 Å². The number of aryl methyl sites for hydroxylation is 2. The molecule has 1 N–H and O–H groups in total. The van der Waals surface area contributed by atoms with E-state index in [1.54, 1.807) is 26.0 Å². The van der Waals surface area contributed by atoms with Gasteiger partial charge in [-0.25, -0.2) is 0 Å². The zero-order valence-electron chi connectivity index (χ0n) is 14.4. The second-order valence-corrected chi connectivity index (χ2v) is 6.82. The van der Waals surface area contributed by atoms with Crippen molar-refractivity contribution in [3.05, 3.63) is 64.0 Å². The molecule has 6 nitrogen and oxygen atoms in total. The Morgan fingerprint density at radius 2 is 1.96 bits per heavy atom. The van der Waals surface area contributed by atoms with Gasteiger partial charge in [0.1, 0.15) is 11.5 Å². The van der Waals surface area contributed by atoms with Crippen LogP contribution in [0.4, 0.5) is 4.79 Å². The number of imide groups is 1. The molecule has 0 bridgehead atoms. The lowest BCUT2D eigenvalue weighted by Gasteiger charge is -2.12. The van der Waals surface area contributed by atoms with Crippen molar-refractivity contribution in [3.63, 3.8) is 0 Å². The van der Waals surface area contributed by atoms with E-state index in [0.717, 1.165) is 22.2 Å². The van der Waals surface area contributed by atoms with Gasteiger partial charge in [-0.3, -0.25) is 19.3 Å². The van der Waals surface area contributed by atoms with Crippen molar-refractivity contribution < 1.29 is 18.8 Å². The first kappa shape index (κ1) is 18.0. The molecule has 3 rings (SSSR count). The zero-order chi connectivity index (χ0) is 18.7. The molecular weight excluding hydrogens is 352 g/mol. The van der Waals surface area contributed by atoms with E-state index in [1.807, 2.05) is 30.3 Å². The molecule has 1 aromatic carbocycles. The summed E-state index contributed by atoms with van der Waals surface area (Å²) in [4.78, 5) is 38.2.